The molecule has 0 fully saturated rings. The van der Waals surface area contributed by atoms with Crippen LogP contribution in [0.2, 0.25) is 0 Å². The van der Waals surface area contributed by atoms with Gasteiger partial charge in [0, 0.05) is 12.2 Å². The highest BCUT2D eigenvalue weighted by molar-refractivity contribution is 6.14. The Morgan fingerprint density at radius 3 is 2.36 bits per heavy atom. The normalized spacial score (nSPS) is 17.3. The summed E-state index contributed by atoms with van der Waals surface area (Å²) >= 11 is 0. The van der Waals surface area contributed by atoms with Gasteiger partial charge < -0.3 is 5.11 Å². The first-order valence-electron chi connectivity index (χ1n) is 3.97. The fourth-order valence-electron chi connectivity index (χ4n) is 1.19. The average molecular weight is 195 g/mol. The highest BCUT2D eigenvalue weighted by atomic mass is 16.4. The smallest absolute Gasteiger partial charge is 0.327 e. The predicted molar refractivity (Wildman–Crippen MR) is 47.2 cm³/mol. The van der Waals surface area contributed by atoms with Gasteiger partial charge in [-0.1, -0.05) is 6.08 Å². The molecule has 0 aromatic rings. The molecule has 1 aliphatic heterocycles. The molecular weight excluding hydrogens is 186 g/mol. The zero-order chi connectivity index (χ0) is 10.7. The average Bonchev–Trinajstić information content (AvgIpc) is 2.43. The Labute approximate surface area is 80.3 Å². The number of nitrogens with zero attached hydrogens (tertiary/aromatic N) is 1. The molecule has 0 spiro atoms. The minimum Gasteiger partial charge on any atom is -0.480 e. The molecule has 5 nitrogen and oxygen atoms in total. The van der Waals surface area contributed by atoms with Crippen LogP contribution in [0.25, 0.3) is 0 Å². The number of hydrogen-bond acceptors (Lipinski definition) is 3. The number of hydrogen-bond donors (Lipinski definition) is 1. The second-order valence-electron chi connectivity index (χ2n) is 2.76. The van der Waals surface area contributed by atoms with Crippen molar-refractivity contribution in [1.29, 1.82) is 0 Å². The van der Waals surface area contributed by atoms with E-state index in [4.69, 9.17) is 5.11 Å². The first kappa shape index (κ1) is 10.2. The summed E-state index contributed by atoms with van der Waals surface area (Å²) in [6, 6.07) is -1.15. The summed E-state index contributed by atoms with van der Waals surface area (Å²) in [5, 5.41) is 8.78. The Morgan fingerprint density at radius 2 is 2.00 bits per heavy atom. The molecule has 0 aliphatic carbocycles. The summed E-state index contributed by atoms with van der Waals surface area (Å²) in [6.07, 6.45) is 3.52. The SMILES string of the molecule is C=CCC(C(=O)O)N1C(=O)C=CC1=O. The van der Waals surface area contributed by atoms with Crippen LogP contribution in [0.5, 0.6) is 0 Å². The maximum absolute atomic E-state index is 11.1. The maximum atomic E-state index is 11.1. The number of carboxylic acids is 1. The van der Waals surface area contributed by atoms with E-state index in [2.05, 4.69) is 6.58 Å². The van der Waals surface area contributed by atoms with Crippen LogP contribution in [0, 0.1) is 0 Å². The zero-order valence-electron chi connectivity index (χ0n) is 7.34. The third-order valence-corrected chi connectivity index (χ3v) is 1.83. The largest absolute Gasteiger partial charge is 0.480 e. The quantitative estimate of drug-likeness (QED) is 0.503. The van der Waals surface area contributed by atoms with Crippen molar-refractivity contribution in [2.45, 2.75) is 12.5 Å². The van der Waals surface area contributed by atoms with Crippen LogP contribution >= 0.6 is 0 Å². The summed E-state index contributed by atoms with van der Waals surface area (Å²) in [6.45, 7) is 3.37. The van der Waals surface area contributed by atoms with Gasteiger partial charge in [-0.3, -0.25) is 14.5 Å². The molecule has 1 N–H and O–H groups in total. The molecule has 1 aliphatic rings. The first-order chi connectivity index (χ1) is 6.57. The highest BCUT2D eigenvalue weighted by Crippen LogP contribution is 2.12. The summed E-state index contributed by atoms with van der Waals surface area (Å²) in [5.74, 6) is -2.40. The molecule has 5 heteroatoms. The molecule has 1 atom stereocenters. The van der Waals surface area contributed by atoms with Crippen LogP contribution in [0.4, 0.5) is 0 Å². The predicted octanol–water partition coefficient (Wildman–Crippen LogP) is -0.0593. The standard InChI is InChI=1S/C9H9NO4/c1-2-3-6(9(13)14)10-7(11)4-5-8(10)12/h2,4-6H,1,3H2,(H,13,14). The molecule has 1 rings (SSSR count). The number of rotatable bonds is 4. The van der Waals surface area contributed by atoms with Crippen LogP contribution < -0.4 is 0 Å². The van der Waals surface area contributed by atoms with Crippen molar-refractivity contribution in [2.75, 3.05) is 0 Å². The lowest BCUT2D eigenvalue weighted by Gasteiger charge is -2.20. The van der Waals surface area contributed by atoms with Crippen molar-refractivity contribution in [3.05, 3.63) is 24.8 Å². The van der Waals surface area contributed by atoms with Crippen molar-refractivity contribution in [2.24, 2.45) is 0 Å². The van der Waals surface area contributed by atoms with E-state index < -0.39 is 23.8 Å². The Balaban J connectivity index is 2.88. The van der Waals surface area contributed by atoms with Gasteiger partial charge in [0.1, 0.15) is 6.04 Å². The van der Waals surface area contributed by atoms with Crippen molar-refractivity contribution in [1.82, 2.24) is 4.90 Å². The Kier molecular flexibility index (Phi) is 2.81. The van der Waals surface area contributed by atoms with Gasteiger partial charge in [0.25, 0.3) is 11.8 Å². The molecule has 0 saturated carbocycles. The minimum absolute atomic E-state index is 0.0501. The third-order valence-electron chi connectivity index (χ3n) is 1.83. The van der Waals surface area contributed by atoms with E-state index in [0.717, 1.165) is 12.2 Å². The molecule has 14 heavy (non-hydrogen) atoms. The lowest BCUT2D eigenvalue weighted by molar-refractivity contribution is -0.153. The molecular formula is C9H9NO4. The summed E-state index contributed by atoms with van der Waals surface area (Å²) < 4.78 is 0. The van der Waals surface area contributed by atoms with E-state index in [1.165, 1.54) is 6.08 Å². The van der Waals surface area contributed by atoms with E-state index in [-0.39, 0.29) is 6.42 Å². The molecule has 0 saturated heterocycles. The maximum Gasteiger partial charge on any atom is 0.327 e. The molecule has 1 unspecified atom stereocenters. The number of amides is 2. The Morgan fingerprint density at radius 1 is 1.50 bits per heavy atom. The molecule has 0 bridgehead atoms. The fourth-order valence-corrected chi connectivity index (χ4v) is 1.19. The molecule has 0 aromatic heterocycles. The van der Waals surface area contributed by atoms with Gasteiger partial charge in [-0.15, -0.1) is 6.58 Å². The second kappa shape index (κ2) is 3.87. The summed E-state index contributed by atoms with van der Waals surface area (Å²) in [5.41, 5.74) is 0. The summed E-state index contributed by atoms with van der Waals surface area (Å²) in [7, 11) is 0. The van der Waals surface area contributed by atoms with Gasteiger partial charge in [0.2, 0.25) is 0 Å². The number of imide groups is 1. The van der Waals surface area contributed by atoms with Crippen LogP contribution in [0.1, 0.15) is 6.42 Å². The Hall–Kier alpha value is -1.91. The van der Waals surface area contributed by atoms with Crippen molar-refractivity contribution < 1.29 is 19.5 Å². The fraction of sp³-hybridized carbons (Fsp3) is 0.222. The number of carbonyl (C=O) groups is 3. The van der Waals surface area contributed by atoms with E-state index in [0.29, 0.717) is 4.90 Å². The van der Waals surface area contributed by atoms with Crippen molar-refractivity contribution in [3.8, 4) is 0 Å². The number of carboxylic acid groups (broad SMARTS) is 1. The molecule has 0 radical (unpaired) electrons. The van der Waals surface area contributed by atoms with Crippen LogP contribution in [-0.2, 0) is 14.4 Å². The van der Waals surface area contributed by atoms with Gasteiger partial charge in [-0.25, -0.2) is 4.79 Å². The van der Waals surface area contributed by atoms with Crippen LogP contribution in [-0.4, -0.2) is 33.8 Å². The van der Waals surface area contributed by atoms with Crippen molar-refractivity contribution >= 4 is 17.8 Å². The van der Waals surface area contributed by atoms with Crippen LogP contribution in [0.3, 0.4) is 0 Å². The lowest BCUT2D eigenvalue weighted by Crippen LogP contribution is -2.44. The number of carbonyl (C=O) groups excluding carboxylic acids is 2. The minimum atomic E-state index is -1.21. The van der Waals surface area contributed by atoms with Gasteiger partial charge in [-0.05, 0) is 6.42 Å². The third kappa shape index (κ3) is 1.71. The van der Waals surface area contributed by atoms with E-state index in [1.54, 1.807) is 0 Å². The monoisotopic (exact) mass is 195 g/mol. The van der Waals surface area contributed by atoms with E-state index in [1.807, 2.05) is 0 Å². The zero-order valence-corrected chi connectivity index (χ0v) is 7.34. The second-order valence-corrected chi connectivity index (χ2v) is 2.76. The lowest BCUT2D eigenvalue weighted by atomic mass is 10.2. The van der Waals surface area contributed by atoms with Gasteiger partial charge in [0.05, 0.1) is 0 Å². The molecule has 74 valence electrons. The van der Waals surface area contributed by atoms with Gasteiger partial charge in [0.15, 0.2) is 0 Å². The van der Waals surface area contributed by atoms with E-state index >= 15 is 0 Å². The summed E-state index contributed by atoms with van der Waals surface area (Å²) in [4.78, 5) is 33.7. The molecule has 0 aromatic carbocycles. The van der Waals surface area contributed by atoms with Gasteiger partial charge >= 0.3 is 5.97 Å². The van der Waals surface area contributed by atoms with E-state index in [9.17, 15) is 14.4 Å². The topological polar surface area (TPSA) is 74.7 Å². The molecule has 2 amide bonds. The van der Waals surface area contributed by atoms with Gasteiger partial charge in [-0.2, -0.15) is 0 Å². The highest BCUT2D eigenvalue weighted by Gasteiger charge is 2.34. The Bertz CT molecular complexity index is 314. The first-order valence-corrected chi connectivity index (χ1v) is 3.97. The number of aliphatic carboxylic acids is 1. The van der Waals surface area contributed by atoms with Crippen LogP contribution in [0.15, 0.2) is 24.8 Å². The molecule has 1 heterocycles. The van der Waals surface area contributed by atoms with Crippen molar-refractivity contribution in [3.63, 3.8) is 0 Å².